The molecule has 1 aromatic rings. The van der Waals surface area contributed by atoms with Gasteiger partial charge in [0.2, 0.25) is 0 Å². The van der Waals surface area contributed by atoms with E-state index in [0.29, 0.717) is 11.5 Å². The molecule has 1 atom stereocenters. The van der Waals surface area contributed by atoms with Gasteiger partial charge >= 0.3 is 6.61 Å². The van der Waals surface area contributed by atoms with Crippen LogP contribution in [0.5, 0.6) is 5.75 Å². The summed E-state index contributed by atoms with van der Waals surface area (Å²) in [5.41, 5.74) is 1.36. The molecule has 18 heavy (non-hydrogen) atoms. The van der Waals surface area contributed by atoms with E-state index in [4.69, 9.17) is 0 Å². The van der Waals surface area contributed by atoms with E-state index >= 15 is 0 Å². The summed E-state index contributed by atoms with van der Waals surface area (Å²) in [6.45, 7) is 1.78. The molecule has 1 aliphatic carbocycles. The number of benzene rings is 1. The first kappa shape index (κ1) is 13.1. The number of halogens is 2. The van der Waals surface area contributed by atoms with Gasteiger partial charge < -0.3 is 10.1 Å². The minimum atomic E-state index is -2.76. The second kappa shape index (κ2) is 5.12. The molecule has 4 heteroatoms. The van der Waals surface area contributed by atoms with Gasteiger partial charge in [0.1, 0.15) is 5.75 Å². The van der Waals surface area contributed by atoms with Crippen molar-refractivity contribution in [1.82, 2.24) is 0 Å². The fourth-order valence-corrected chi connectivity index (χ4v) is 2.53. The van der Waals surface area contributed by atoms with Crippen molar-refractivity contribution in [3.63, 3.8) is 0 Å². The summed E-state index contributed by atoms with van der Waals surface area (Å²) in [5.74, 6) is 0.197. The Morgan fingerprint density at radius 1 is 1.28 bits per heavy atom. The van der Waals surface area contributed by atoms with E-state index in [1.165, 1.54) is 6.42 Å². The Kier molecular flexibility index (Phi) is 3.73. The molecule has 0 saturated heterocycles. The molecule has 1 saturated carbocycles. The van der Waals surface area contributed by atoms with Crippen molar-refractivity contribution in [3.8, 4) is 5.75 Å². The molecule has 1 aromatic carbocycles. The van der Waals surface area contributed by atoms with Crippen LogP contribution >= 0.6 is 0 Å². The lowest BCUT2D eigenvalue weighted by molar-refractivity contribution is -0.0498. The maximum atomic E-state index is 12.0. The van der Waals surface area contributed by atoms with Crippen LogP contribution in [0.25, 0.3) is 0 Å². The van der Waals surface area contributed by atoms with E-state index in [1.54, 1.807) is 24.3 Å². The molecule has 2 rings (SSSR count). The molecular formula is C14H19F2NO. The van der Waals surface area contributed by atoms with Crippen LogP contribution in [0.2, 0.25) is 0 Å². The molecular weight excluding hydrogens is 236 g/mol. The minimum absolute atomic E-state index is 0.197. The normalized spacial score (nSPS) is 22.2. The van der Waals surface area contributed by atoms with Gasteiger partial charge in [0.15, 0.2) is 0 Å². The van der Waals surface area contributed by atoms with E-state index < -0.39 is 6.61 Å². The molecule has 0 radical (unpaired) electrons. The lowest BCUT2D eigenvalue weighted by atomic mass is 9.92. The number of hydrogen-bond donors (Lipinski definition) is 1. The third-order valence-electron chi connectivity index (χ3n) is 3.42. The topological polar surface area (TPSA) is 21.3 Å². The Bertz CT molecular complexity index is 389. The molecule has 2 nitrogen and oxygen atoms in total. The summed E-state index contributed by atoms with van der Waals surface area (Å²) >= 11 is 0. The highest BCUT2D eigenvalue weighted by atomic mass is 19.3. The highest BCUT2D eigenvalue weighted by Gasteiger charge is 2.30. The van der Waals surface area contributed by atoms with Crippen LogP contribution in [-0.2, 0) is 0 Å². The van der Waals surface area contributed by atoms with Crippen LogP contribution in [0.15, 0.2) is 24.3 Å². The van der Waals surface area contributed by atoms with Crippen molar-refractivity contribution < 1.29 is 13.5 Å². The Balaban J connectivity index is 1.91. The summed E-state index contributed by atoms with van der Waals surface area (Å²) in [6, 6.07) is 7.16. The molecule has 0 bridgehead atoms. The van der Waals surface area contributed by atoms with Crippen molar-refractivity contribution in [2.45, 2.75) is 45.8 Å². The van der Waals surface area contributed by atoms with E-state index in [1.807, 2.05) is 0 Å². The van der Waals surface area contributed by atoms with Crippen molar-refractivity contribution in [2.75, 3.05) is 5.32 Å². The molecule has 0 amide bonds. The van der Waals surface area contributed by atoms with E-state index in [9.17, 15) is 8.78 Å². The van der Waals surface area contributed by atoms with Crippen LogP contribution in [0.3, 0.4) is 0 Å². The number of rotatable bonds is 4. The van der Waals surface area contributed by atoms with Crippen LogP contribution in [-0.4, -0.2) is 12.7 Å². The zero-order valence-corrected chi connectivity index (χ0v) is 10.7. The Labute approximate surface area is 106 Å². The Hall–Kier alpha value is -1.32. The van der Waals surface area contributed by atoms with Gasteiger partial charge in [-0.15, -0.1) is 0 Å². The number of ether oxygens (including phenoxy) is 1. The second-order valence-electron chi connectivity index (χ2n) is 5.65. The first-order valence-electron chi connectivity index (χ1n) is 6.26. The third-order valence-corrected chi connectivity index (χ3v) is 3.42. The second-order valence-corrected chi connectivity index (χ2v) is 5.65. The summed E-state index contributed by atoms with van der Waals surface area (Å²) in [5, 5.41) is 3.43. The van der Waals surface area contributed by atoms with Gasteiger partial charge in [-0.05, 0) is 48.9 Å². The maximum absolute atomic E-state index is 12.0. The van der Waals surface area contributed by atoms with Crippen molar-refractivity contribution in [3.05, 3.63) is 24.3 Å². The zero-order valence-electron chi connectivity index (χ0n) is 10.7. The average molecular weight is 255 g/mol. The molecule has 1 fully saturated rings. The molecule has 0 spiro atoms. The largest absolute Gasteiger partial charge is 0.435 e. The quantitative estimate of drug-likeness (QED) is 0.867. The van der Waals surface area contributed by atoms with Crippen LogP contribution in [0.4, 0.5) is 14.5 Å². The molecule has 100 valence electrons. The highest BCUT2D eigenvalue weighted by molar-refractivity contribution is 5.47. The van der Waals surface area contributed by atoms with Crippen molar-refractivity contribution in [2.24, 2.45) is 5.41 Å². The van der Waals surface area contributed by atoms with Crippen molar-refractivity contribution in [1.29, 1.82) is 0 Å². The van der Waals surface area contributed by atoms with Crippen LogP contribution in [0, 0.1) is 5.41 Å². The maximum Gasteiger partial charge on any atom is 0.387 e. The summed E-state index contributed by atoms with van der Waals surface area (Å²) in [7, 11) is 0. The first-order chi connectivity index (χ1) is 8.44. The standard InChI is InChI=1S/C14H19F2NO/c1-14(2)8-7-11(9-14)17-10-3-5-12(6-4-10)18-13(15)16/h3-6,11,13,17H,7-9H2,1-2H3. The summed E-state index contributed by atoms with van der Waals surface area (Å²) < 4.78 is 28.3. The van der Waals surface area contributed by atoms with Crippen LogP contribution < -0.4 is 10.1 Å². The number of nitrogens with one attached hydrogen (secondary N) is 1. The van der Waals surface area contributed by atoms with E-state index in [0.717, 1.165) is 18.5 Å². The summed E-state index contributed by atoms with van der Waals surface area (Å²) in [4.78, 5) is 0. The Morgan fingerprint density at radius 3 is 2.44 bits per heavy atom. The van der Waals surface area contributed by atoms with Crippen LogP contribution in [0.1, 0.15) is 33.1 Å². The fraction of sp³-hybridized carbons (Fsp3) is 0.571. The smallest absolute Gasteiger partial charge is 0.387 e. The molecule has 1 N–H and O–H groups in total. The first-order valence-corrected chi connectivity index (χ1v) is 6.26. The third kappa shape index (κ3) is 3.59. The van der Waals surface area contributed by atoms with E-state index in [2.05, 4.69) is 23.9 Å². The zero-order chi connectivity index (χ0) is 13.2. The van der Waals surface area contributed by atoms with Gasteiger partial charge in [0.05, 0.1) is 0 Å². The van der Waals surface area contributed by atoms with Gasteiger partial charge in [-0.2, -0.15) is 8.78 Å². The SMILES string of the molecule is CC1(C)CCC(Nc2ccc(OC(F)F)cc2)C1. The number of alkyl halides is 2. The molecule has 0 heterocycles. The summed E-state index contributed by atoms with van der Waals surface area (Å²) in [6.07, 6.45) is 3.52. The number of anilines is 1. The molecule has 1 unspecified atom stereocenters. The predicted molar refractivity (Wildman–Crippen MR) is 68.1 cm³/mol. The molecule has 0 aromatic heterocycles. The molecule has 1 aliphatic rings. The Morgan fingerprint density at radius 2 is 1.94 bits per heavy atom. The average Bonchev–Trinajstić information content (AvgIpc) is 2.60. The predicted octanol–water partition coefficient (Wildman–Crippen LogP) is 4.28. The van der Waals surface area contributed by atoms with Gasteiger partial charge in [-0.1, -0.05) is 13.8 Å². The minimum Gasteiger partial charge on any atom is -0.435 e. The van der Waals surface area contributed by atoms with Gasteiger partial charge in [0, 0.05) is 11.7 Å². The van der Waals surface area contributed by atoms with Crippen molar-refractivity contribution >= 4 is 5.69 Å². The fourth-order valence-electron chi connectivity index (χ4n) is 2.53. The van der Waals surface area contributed by atoms with Gasteiger partial charge in [0.25, 0.3) is 0 Å². The highest BCUT2D eigenvalue weighted by Crippen LogP contribution is 2.38. The monoisotopic (exact) mass is 255 g/mol. The van der Waals surface area contributed by atoms with E-state index in [-0.39, 0.29) is 5.75 Å². The van der Waals surface area contributed by atoms with Gasteiger partial charge in [-0.25, -0.2) is 0 Å². The lowest BCUT2D eigenvalue weighted by Gasteiger charge is -2.18. The molecule has 0 aliphatic heterocycles. The van der Waals surface area contributed by atoms with Gasteiger partial charge in [-0.3, -0.25) is 0 Å². The number of hydrogen-bond acceptors (Lipinski definition) is 2. The lowest BCUT2D eigenvalue weighted by Crippen LogP contribution is -2.17.